The van der Waals surface area contributed by atoms with Gasteiger partial charge in [0.05, 0.1) is 0 Å². The lowest BCUT2D eigenvalue weighted by molar-refractivity contribution is 0.590. The Morgan fingerprint density at radius 1 is 1.24 bits per heavy atom. The molecule has 1 aromatic rings. The van der Waals surface area contributed by atoms with Gasteiger partial charge in [0.25, 0.3) is 0 Å². The monoisotopic (exact) mass is 227 g/mol. The molecule has 0 heterocycles. The molecule has 0 aliphatic carbocycles. The fourth-order valence-electron chi connectivity index (χ4n) is 1.37. The van der Waals surface area contributed by atoms with Crippen LogP contribution in [-0.2, 0) is 5.41 Å². The molecule has 1 aromatic carbocycles. The summed E-state index contributed by atoms with van der Waals surface area (Å²) in [6.07, 6.45) is 0.602. The van der Waals surface area contributed by atoms with Gasteiger partial charge in [0.2, 0.25) is 0 Å². The smallest absolute Gasteiger partial charge is 0.0367 e. The summed E-state index contributed by atoms with van der Waals surface area (Å²) in [5.41, 5.74) is 10.6. The predicted octanol–water partition coefficient (Wildman–Crippen LogP) is 4.04. The predicted molar refractivity (Wildman–Crippen MR) is 70.7 cm³/mol. The molecule has 0 saturated heterocycles. The third-order valence-electron chi connectivity index (χ3n) is 2.38. The van der Waals surface area contributed by atoms with Gasteiger partial charge in [-0.05, 0) is 28.6 Å². The van der Waals surface area contributed by atoms with Crippen LogP contribution in [0.25, 0.3) is 10.4 Å². The number of hydrogen-bond donors (Lipinski definition) is 0. The maximum Gasteiger partial charge on any atom is 0.0367 e. The lowest BCUT2D eigenvalue weighted by atomic mass is 9.87. The Morgan fingerprint density at radius 3 is 2.41 bits per heavy atom. The third-order valence-corrected chi connectivity index (χ3v) is 2.38. The zero-order valence-corrected chi connectivity index (χ0v) is 10.6. The van der Waals surface area contributed by atoms with Gasteiger partial charge in [-0.3, -0.25) is 0 Å². The van der Waals surface area contributed by atoms with Gasteiger partial charge in [0.1, 0.15) is 0 Å². The summed E-state index contributed by atoms with van der Waals surface area (Å²) in [5.74, 6) is 6.03. The molecule has 0 spiro atoms. The molecule has 0 bridgehead atoms. The Morgan fingerprint density at radius 2 is 1.88 bits per heavy atom. The van der Waals surface area contributed by atoms with Crippen LogP contribution in [0.3, 0.4) is 0 Å². The molecule has 1 rings (SSSR count). The first kappa shape index (κ1) is 13.2. The Balaban J connectivity index is 2.65. The van der Waals surface area contributed by atoms with Crippen molar-refractivity contribution in [3.8, 4) is 11.8 Å². The largest absolute Gasteiger partial charge is 0.0978 e. The van der Waals surface area contributed by atoms with Crippen molar-refractivity contribution in [2.24, 2.45) is 5.11 Å². The molecule has 0 N–H and O–H groups in total. The second kappa shape index (κ2) is 5.98. The van der Waals surface area contributed by atoms with E-state index in [1.165, 1.54) is 5.56 Å². The topological polar surface area (TPSA) is 48.8 Å². The Hall–Kier alpha value is -1.91. The molecule has 88 valence electrons. The molecule has 0 radical (unpaired) electrons. The van der Waals surface area contributed by atoms with Gasteiger partial charge in [-0.15, -0.1) is 0 Å². The second-order valence-corrected chi connectivity index (χ2v) is 4.83. The molecule has 0 unspecified atom stereocenters. The van der Waals surface area contributed by atoms with Crippen LogP contribution in [0.1, 0.15) is 38.3 Å². The summed E-state index contributed by atoms with van der Waals surface area (Å²) in [6, 6.07) is 8.27. The van der Waals surface area contributed by atoms with Crippen molar-refractivity contribution < 1.29 is 0 Å². The van der Waals surface area contributed by atoms with Crippen molar-refractivity contribution in [3.63, 3.8) is 0 Å². The number of azide groups is 1. The fraction of sp³-hybridized carbons (Fsp3) is 0.429. The number of benzene rings is 1. The van der Waals surface area contributed by atoms with Crippen molar-refractivity contribution in [1.82, 2.24) is 0 Å². The van der Waals surface area contributed by atoms with Gasteiger partial charge in [-0.25, -0.2) is 0 Å². The quantitative estimate of drug-likeness (QED) is 0.241. The highest BCUT2D eigenvalue weighted by molar-refractivity contribution is 5.37. The first-order chi connectivity index (χ1) is 8.04. The van der Waals surface area contributed by atoms with Gasteiger partial charge < -0.3 is 0 Å². The standard InChI is InChI=1S/C14H17N3/c1-14(2,3)13-9-7-12(8-10-13)6-4-5-11-16-17-15/h7-10H,5,11H2,1-3H3. The van der Waals surface area contributed by atoms with Gasteiger partial charge in [-0.1, -0.05) is 49.9 Å². The molecule has 3 nitrogen and oxygen atoms in total. The molecule has 0 aromatic heterocycles. The van der Waals surface area contributed by atoms with E-state index in [-0.39, 0.29) is 5.41 Å². The van der Waals surface area contributed by atoms with Crippen LogP contribution in [-0.4, -0.2) is 6.54 Å². The number of rotatable bonds is 2. The summed E-state index contributed by atoms with van der Waals surface area (Å²) in [5, 5.41) is 3.43. The Kier molecular flexibility index (Phi) is 4.63. The SMILES string of the molecule is CC(C)(C)c1ccc(C#CCCN=[N+]=[N-])cc1. The number of hydrogen-bond acceptors (Lipinski definition) is 1. The average molecular weight is 227 g/mol. The zero-order chi connectivity index (χ0) is 12.7. The molecule has 0 amide bonds. The van der Waals surface area contributed by atoms with Crippen molar-refractivity contribution in [3.05, 3.63) is 45.8 Å². The summed E-state index contributed by atoms with van der Waals surface area (Å²) in [7, 11) is 0. The van der Waals surface area contributed by atoms with Crippen LogP contribution in [0.2, 0.25) is 0 Å². The van der Waals surface area contributed by atoms with Crippen LogP contribution in [0.5, 0.6) is 0 Å². The third kappa shape index (κ3) is 4.63. The van der Waals surface area contributed by atoms with Gasteiger partial charge in [0.15, 0.2) is 0 Å². The molecular weight excluding hydrogens is 210 g/mol. The van der Waals surface area contributed by atoms with Crippen molar-refractivity contribution in [2.75, 3.05) is 6.54 Å². The van der Waals surface area contributed by atoms with E-state index in [2.05, 4.69) is 54.8 Å². The molecule has 0 fully saturated rings. The lowest BCUT2D eigenvalue weighted by Gasteiger charge is -2.18. The van der Waals surface area contributed by atoms with Crippen molar-refractivity contribution in [1.29, 1.82) is 0 Å². The highest BCUT2D eigenvalue weighted by Crippen LogP contribution is 2.21. The van der Waals surface area contributed by atoms with Crippen LogP contribution in [0.15, 0.2) is 29.4 Å². The normalized spacial score (nSPS) is 10.1. The molecule has 3 heteroatoms. The van der Waals surface area contributed by atoms with E-state index in [1.54, 1.807) is 0 Å². The van der Waals surface area contributed by atoms with E-state index in [1.807, 2.05) is 12.1 Å². The summed E-state index contributed by atoms with van der Waals surface area (Å²) >= 11 is 0. The van der Waals surface area contributed by atoms with E-state index in [0.717, 1.165) is 5.56 Å². The lowest BCUT2D eigenvalue weighted by Crippen LogP contribution is -2.10. The van der Waals surface area contributed by atoms with Gasteiger partial charge >= 0.3 is 0 Å². The van der Waals surface area contributed by atoms with Crippen LogP contribution >= 0.6 is 0 Å². The summed E-state index contributed by atoms with van der Waals surface area (Å²) in [6.45, 7) is 7.00. The van der Waals surface area contributed by atoms with Crippen LogP contribution < -0.4 is 0 Å². The minimum absolute atomic E-state index is 0.174. The van der Waals surface area contributed by atoms with E-state index in [4.69, 9.17) is 5.53 Å². The summed E-state index contributed by atoms with van der Waals surface area (Å²) in [4.78, 5) is 2.68. The van der Waals surface area contributed by atoms with Gasteiger partial charge in [0, 0.05) is 23.4 Å². The molecule has 0 saturated carbocycles. The highest BCUT2D eigenvalue weighted by atomic mass is 15.1. The first-order valence-corrected chi connectivity index (χ1v) is 5.64. The van der Waals surface area contributed by atoms with Crippen LogP contribution in [0, 0.1) is 11.8 Å². The minimum atomic E-state index is 0.174. The average Bonchev–Trinajstić information content (AvgIpc) is 2.28. The highest BCUT2D eigenvalue weighted by Gasteiger charge is 2.12. The van der Waals surface area contributed by atoms with E-state index < -0.39 is 0 Å². The van der Waals surface area contributed by atoms with Crippen LogP contribution in [0.4, 0.5) is 0 Å². The molecular formula is C14H17N3. The Bertz CT molecular complexity index is 463. The van der Waals surface area contributed by atoms with Crippen molar-refractivity contribution in [2.45, 2.75) is 32.6 Å². The van der Waals surface area contributed by atoms with Gasteiger partial charge in [-0.2, -0.15) is 0 Å². The fourth-order valence-corrected chi connectivity index (χ4v) is 1.37. The van der Waals surface area contributed by atoms with E-state index >= 15 is 0 Å². The zero-order valence-electron chi connectivity index (χ0n) is 10.6. The summed E-state index contributed by atoms with van der Waals surface area (Å²) < 4.78 is 0. The first-order valence-electron chi connectivity index (χ1n) is 5.64. The maximum atomic E-state index is 8.10. The molecule has 0 atom stereocenters. The van der Waals surface area contributed by atoms with E-state index in [9.17, 15) is 0 Å². The molecule has 17 heavy (non-hydrogen) atoms. The van der Waals surface area contributed by atoms with Crippen molar-refractivity contribution >= 4 is 0 Å². The minimum Gasteiger partial charge on any atom is -0.0978 e. The Labute approximate surface area is 102 Å². The molecule has 0 aliphatic heterocycles. The maximum absolute atomic E-state index is 8.10. The van der Waals surface area contributed by atoms with E-state index in [0.29, 0.717) is 13.0 Å². The molecule has 0 aliphatic rings. The number of nitrogens with zero attached hydrogens (tertiary/aromatic N) is 3. The second-order valence-electron chi connectivity index (χ2n) is 4.83.